The average Bonchev–Trinajstić information content (AvgIpc) is 2.55. The topological polar surface area (TPSA) is 49.4 Å². The van der Waals surface area contributed by atoms with Crippen molar-refractivity contribution in [3.8, 4) is 0 Å². The number of hydrogen-bond acceptors (Lipinski definition) is 2. The molecule has 4 nitrogen and oxygen atoms in total. The van der Waals surface area contributed by atoms with Crippen molar-refractivity contribution in [2.75, 3.05) is 7.05 Å². The molecule has 0 saturated heterocycles. The lowest BCUT2D eigenvalue weighted by molar-refractivity contribution is -0.148. The normalized spacial score (nSPS) is 16.0. The lowest BCUT2D eigenvalue weighted by Gasteiger charge is -2.31. The molecule has 1 aliphatic carbocycles. The van der Waals surface area contributed by atoms with E-state index >= 15 is 0 Å². The molecule has 1 fully saturated rings. The molecule has 23 heavy (non-hydrogen) atoms. The van der Waals surface area contributed by atoms with Gasteiger partial charge in [-0.05, 0) is 32.3 Å². The predicted octanol–water partition coefficient (Wildman–Crippen LogP) is 3.12. The third-order valence-corrected chi connectivity index (χ3v) is 4.65. The summed E-state index contributed by atoms with van der Waals surface area (Å²) in [6.45, 7) is 3.95. The molecule has 1 aliphatic rings. The van der Waals surface area contributed by atoms with Crippen molar-refractivity contribution < 1.29 is 9.59 Å². The Labute approximate surface area is 139 Å². The first-order chi connectivity index (χ1) is 10.9. The Morgan fingerprint density at radius 3 is 2.35 bits per heavy atom. The van der Waals surface area contributed by atoms with Crippen LogP contribution in [0.1, 0.15) is 51.5 Å². The maximum absolute atomic E-state index is 12.7. The van der Waals surface area contributed by atoms with E-state index in [1.807, 2.05) is 30.3 Å². The zero-order chi connectivity index (χ0) is 16.9. The minimum atomic E-state index is -1.04. The molecule has 0 atom stereocenters. The van der Waals surface area contributed by atoms with Gasteiger partial charge < -0.3 is 10.2 Å². The van der Waals surface area contributed by atoms with Gasteiger partial charge >= 0.3 is 0 Å². The van der Waals surface area contributed by atoms with E-state index in [0.29, 0.717) is 6.54 Å². The van der Waals surface area contributed by atoms with Crippen LogP contribution in [-0.2, 0) is 16.1 Å². The molecular formula is C19H28N2O2. The first kappa shape index (κ1) is 17.5. The molecule has 0 unspecified atom stereocenters. The molecule has 2 amide bonds. The van der Waals surface area contributed by atoms with E-state index in [-0.39, 0.29) is 17.9 Å². The molecule has 0 bridgehead atoms. The Hall–Kier alpha value is -1.84. The molecule has 0 heterocycles. The van der Waals surface area contributed by atoms with Crippen LogP contribution in [0, 0.1) is 5.41 Å². The third-order valence-electron chi connectivity index (χ3n) is 4.65. The van der Waals surface area contributed by atoms with E-state index in [9.17, 15) is 9.59 Å². The number of rotatable bonds is 5. The van der Waals surface area contributed by atoms with Crippen LogP contribution in [0.5, 0.6) is 0 Å². The summed E-state index contributed by atoms with van der Waals surface area (Å²) in [4.78, 5) is 26.9. The van der Waals surface area contributed by atoms with Crippen molar-refractivity contribution in [1.29, 1.82) is 0 Å². The van der Waals surface area contributed by atoms with E-state index < -0.39 is 5.41 Å². The molecule has 1 N–H and O–H groups in total. The second kappa shape index (κ2) is 7.62. The van der Waals surface area contributed by atoms with Crippen molar-refractivity contribution in [2.45, 2.75) is 58.5 Å². The lowest BCUT2D eigenvalue weighted by atomic mass is 9.88. The van der Waals surface area contributed by atoms with Gasteiger partial charge in [0.1, 0.15) is 5.41 Å². The molecule has 1 aromatic carbocycles. The Kier molecular flexibility index (Phi) is 5.80. The summed E-state index contributed by atoms with van der Waals surface area (Å²) in [7, 11) is 1.75. The highest BCUT2D eigenvalue weighted by atomic mass is 16.2. The highest BCUT2D eigenvalue weighted by Gasteiger charge is 2.39. The standard InChI is InChI=1S/C19H28N2O2/c1-19(2,17(22)20-16-12-8-5-9-13-16)18(23)21(3)14-15-10-6-4-7-11-15/h4,6-7,10-11,16H,5,8-9,12-14H2,1-3H3,(H,20,22). The maximum atomic E-state index is 12.7. The second-order valence-corrected chi connectivity index (χ2v) is 7.08. The highest BCUT2D eigenvalue weighted by molar-refractivity contribution is 6.04. The number of carbonyl (C=O) groups is 2. The lowest BCUT2D eigenvalue weighted by Crippen LogP contribution is -2.51. The summed E-state index contributed by atoms with van der Waals surface area (Å²) in [6.07, 6.45) is 5.61. The predicted molar refractivity (Wildman–Crippen MR) is 91.7 cm³/mol. The van der Waals surface area contributed by atoms with Gasteiger partial charge in [0.2, 0.25) is 11.8 Å². The van der Waals surface area contributed by atoms with E-state index in [2.05, 4.69) is 5.32 Å². The SMILES string of the molecule is CN(Cc1ccccc1)C(=O)C(C)(C)C(=O)NC1CCCCC1. The molecule has 0 aliphatic heterocycles. The number of amides is 2. The van der Waals surface area contributed by atoms with Crippen molar-refractivity contribution in [1.82, 2.24) is 10.2 Å². The van der Waals surface area contributed by atoms with Crippen LogP contribution in [0.15, 0.2) is 30.3 Å². The molecule has 0 radical (unpaired) electrons. The van der Waals surface area contributed by atoms with Gasteiger partial charge in [-0.2, -0.15) is 0 Å². The number of nitrogens with zero attached hydrogens (tertiary/aromatic N) is 1. The fraction of sp³-hybridized carbons (Fsp3) is 0.579. The van der Waals surface area contributed by atoms with Crippen molar-refractivity contribution in [2.24, 2.45) is 5.41 Å². The third kappa shape index (κ3) is 4.57. The number of benzene rings is 1. The maximum Gasteiger partial charge on any atom is 0.237 e. The summed E-state index contributed by atoms with van der Waals surface area (Å²) >= 11 is 0. The van der Waals surface area contributed by atoms with Crippen molar-refractivity contribution >= 4 is 11.8 Å². The van der Waals surface area contributed by atoms with Crippen LogP contribution >= 0.6 is 0 Å². The zero-order valence-electron chi connectivity index (χ0n) is 14.5. The van der Waals surface area contributed by atoms with Gasteiger partial charge in [-0.25, -0.2) is 0 Å². The molecule has 0 spiro atoms. The number of hydrogen-bond donors (Lipinski definition) is 1. The van der Waals surface area contributed by atoms with Gasteiger partial charge in [-0.1, -0.05) is 49.6 Å². The highest BCUT2D eigenvalue weighted by Crippen LogP contribution is 2.23. The Bertz CT molecular complexity index is 534. The number of nitrogens with one attached hydrogen (secondary N) is 1. The summed E-state index contributed by atoms with van der Waals surface area (Å²) in [5.74, 6) is -0.302. The van der Waals surface area contributed by atoms with Crippen molar-refractivity contribution in [3.63, 3.8) is 0 Å². The first-order valence-corrected chi connectivity index (χ1v) is 8.51. The fourth-order valence-electron chi connectivity index (χ4n) is 3.12. The molecule has 1 aromatic rings. The van der Waals surface area contributed by atoms with Gasteiger partial charge in [0.15, 0.2) is 0 Å². The van der Waals surface area contributed by atoms with Crippen LogP contribution in [0.25, 0.3) is 0 Å². The van der Waals surface area contributed by atoms with Gasteiger partial charge in [-0.15, -0.1) is 0 Å². The molecule has 4 heteroatoms. The van der Waals surface area contributed by atoms with E-state index in [4.69, 9.17) is 0 Å². The molecule has 1 saturated carbocycles. The first-order valence-electron chi connectivity index (χ1n) is 8.51. The van der Waals surface area contributed by atoms with Gasteiger partial charge in [-0.3, -0.25) is 9.59 Å². The van der Waals surface area contributed by atoms with Gasteiger partial charge in [0, 0.05) is 19.6 Å². The quantitative estimate of drug-likeness (QED) is 0.849. The summed E-state index contributed by atoms with van der Waals surface area (Å²) in [5.41, 5.74) is 0.0212. The van der Waals surface area contributed by atoms with Crippen LogP contribution in [0.4, 0.5) is 0 Å². The van der Waals surface area contributed by atoms with E-state index in [1.165, 1.54) is 6.42 Å². The molecular weight excluding hydrogens is 288 g/mol. The summed E-state index contributed by atoms with van der Waals surface area (Å²) in [6, 6.07) is 10.1. The minimum absolute atomic E-state index is 0.144. The van der Waals surface area contributed by atoms with E-state index in [1.54, 1.807) is 25.8 Å². The Morgan fingerprint density at radius 1 is 1.13 bits per heavy atom. The summed E-state index contributed by atoms with van der Waals surface area (Å²) in [5, 5.41) is 3.07. The Balaban J connectivity index is 1.96. The molecule has 0 aromatic heterocycles. The zero-order valence-corrected chi connectivity index (χ0v) is 14.5. The van der Waals surface area contributed by atoms with Crippen LogP contribution in [0.3, 0.4) is 0 Å². The monoisotopic (exact) mass is 316 g/mol. The Morgan fingerprint density at radius 2 is 1.74 bits per heavy atom. The minimum Gasteiger partial charge on any atom is -0.352 e. The van der Waals surface area contributed by atoms with Gasteiger partial charge in [0.25, 0.3) is 0 Å². The van der Waals surface area contributed by atoms with Crippen molar-refractivity contribution in [3.05, 3.63) is 35.9 Å². The van der Waals surface area contributed by atoms with Crippen LogP contribution < -0.4 is 5.32 Å². The second-order valence-electron chi connectivity index (χ2n) is 7.08. The van der Waals surface area contributed by atoms with Gasteiger partial charge in [0.05, 0.1) is 0 Å². The molecule has 2 rings (SSSR count). The molecule has 126 valence electrons. The van der Waals surface area contributed by atoms with Crippen LogP contribution in [-0.4, -0.2) is 29.8 Å². The number of carbonyl (C=O) groups excluding carboxylic acids is 2. The largest absolute Gasteiger partial charge is 0.352 e. The van der Waals surface area contributed by atoms with Crippen LogP contribution in [0.2, 0.25) is 0 Å². The smallest absolute Gasteiger partial charge is 0.237 e. The average molecular weight is 316 g/mol. The summed E-state index contributed by atoms with van der Waals surface area (Å²) < 4.78 is 0. The van der Waals surface area contributed by atoms with E-state index in [0.717, 1.165) is 31.2 Å². The fourth-order valence-corrected chi connectivity index (χ4v) is 3.12.